The van der Waals surface area contributed by atoms with Crippen LogP contribution in [-0.2, 0) is 12.8 Å². The molecule has 0 spiro atoms. The van der Waals surface area contributed by atoms with Crippen LogP contribution in [0.1, 0.15) is 37.8 Å². The molecule has 0 saturated heterocycles. The third-order valence-corrected chi connectivity index (χ3v) is 3.12. The van der Waals surface area contributed by atoms with E-state index < -0.39 is 0 Å². The van der Waals surface area contributed by atoms with Gasteiger partial charge in [-0.1, -0.05) is 32.0 Å². The summed E-state index contributed by atoms with van der Waals surface area (Å²) in [5.74, 6) is 0.558. The molecular formula is C14H21N3. The monoisotopic (exact) mass is 231 g/mol. The predicted octanol–water partition coefficient (Wildman–Crippen LogP) is 2.70. The number of benzene rings is 1. The molecule has 92 valence electrons. The highest BCUT2D eigenvalue weighted by Gasteiger charge is 2.20. The van der Waals surface area contributed by atoms with Crippen molar-refractivity contribution in [2.45, 2.75) is 45.6 Å². The summed E-state index contributed by atoms with van der Waals surface area (Å²) in [7, 11) is 0. The molecule has 0 heterocycles. The van der Waals surface area contributed by atoms with Crippen LogP contribution in [0.25, 0.3) is 0 Å². The summed E-state index contributed by atoms with van der Waals surface area (Å²) < 4.78 is 0. The molecule has 0 aromatic heterocycles. The van der Waals surface area contributed by atoms with E-state index >= 15 is 0 Å². The number of hydrogen-bond acceptors (Lipinski definition) is 1. The molecular weight excluding hydrogens is 210 g/mol. The SMILES string of the molecule is CCc1cccc(CC)c1NC(N)=NC1CC1. The number of rotatable bonds is 4. The Morgan fingerprint density at radius 3 is 2.35 bits per heavy atom. The second kappa shape index (κ2) is 5.21. The average molecular weight is 231 g/mol. The van der Waals surface area contributed by atoms with Crippen molar-refractivity contribution < 1.29 is 0 Å². The van der Waals surface area contributed by atoms with E-state index in [-0.39, 0.29) is 0 Å². The van der Waals surface area contributed by atoms with Crippen LogP contribution in [0.5, 0.6) is 0 Å². The maximum Gasteiger partial charge on any atom is 0.193 e. The highest BCUT2D eigenvalue weighted by molar-refractivity contribution is 5.94. The normalized spacial score (nSPS) is 16.0. The molecule has 0 unspecified atom stereocenters. The van der Waals surface area contributed by atoms with Gasteiger partial charge in [-0.15, -0.1) is 0 Å². The van der Waals surface area contributed by atoms with E-state index in [4.69, 9.17) is 5.73 Å². The number of nitrogens with two attached hydrogens (primary N) is 1. The minimum absolute atomic E-state index is 0.460. The zero-order valence-corrected chi connectivity index (χ0v) is 10.7. The molecule has 1 saturated carbocycles. The lowest BCUT2D eigenvalue weighted by Crippen LogP contribution is -2.24. The second-order valence-electron chi connectivity index (χ2n) is 4.53. The van der Waals surface area contributed by atoms with Crippen molar-refractivity contribution in [3.05, 3.63) is 29.3 Å². The average Bonchev–Trinajstić information content (AvgIpc) is 3.13. The fourth-order valence-electron chi connectivity index (χ4n) is 1.96. The van der Waals surface area contributed by atoms with E-state index in [1.54, 1.807) is 0 Å². The number of anilines is 1. The largest absolute Gasteiger partial charge is 0.370 e. The molecule has 0 amide bonds. The van der Waals surface area contributed by atoms with Crippen LogP contribution in [0.2, 0.25) is 0 Å². The highest BCUT2D eigenvalue weighted by Crippen LogP contribution is 2.25. The predicted molar refractivity (Wildman–Crippen MR) is 73.5 cm³/mol. The maximum atomic E-state index is 5.93. The number of hydrogen-bond donors (Lipinski definition) is 2. The topological polar surface area (TPSA) is 50.4 Å². The van der Waals surface area contributed by atoms with E-state index in [1.165, 1.54) is 24.0 Å². The van der Waals surface area contributed by atoms with Crippen molar-refractivity contribution >= 4 is 11.6 Å². The highest BCUT2D eigenvalue weighted by atomic mass is 15.1. The molecule has 1 aliphatic carbocycles. The lowest BCUT2D eigenvalue weighted by atomic mass is 10.0. The van der Waals surface area contributed by atoms with Crippen LogP contribution >= 0.6 is 0 Å². The lowest BCUT2D eigenvalue weighted by Gasteiger charge is -2.14. The standard InChI is InChI=1S/C14H21N3/c1-3-10-6-5-7-11(4-2)13(10)17-14(15)16-12-8-9-12/h5-7,12H,3-4,8-9H2,1-2H3,(H3,15,16,17). The van der Waals surface area contributed by atoms with Gasteiger partial charge in [0.15, 0.2) is 5.96 Å². The zero-order valence-electron chi connectivity index (χ0n) is 10.7. The summed E-state index contributed by atoms with van der Waals surface area (Å²) in [6.07, 6.45) is 4.37. The minimum atomic E-state index is 0.460. The summed E-state index contributed by atoms with van der Waals surface area (Å²) >= 11 is 0. The van der Waals surface area contributed by atoms with Gasteiger partial charge in [0, 0.05) is 5.69 Å². The van der Waals surface area contributed by atoms with Gasteiger partial charge in [-0.25, -0.2) is 4.99 Å². The van der Waals surface area contributed by atoms with Gasteiger partial charge in [-0.2, -0.15) is 0 Å². The molecule has 1 aliphatic rings. The Morgan fingerprint density at radius 2 is 1.88 bits per heavy atom. The van der Waals surface area contributed by atoms with Crippen LogP contribution in [0.15, 0.2) is 23.2 Å². The van der Waals surface area contributed by atoms with E-state index in [9.17, 15) is 0 Å². The molecule has 1 aromatic rings. The first-order valence-corrected chi connectivity index (χ1v) is 6.45. The fraction of sp³-hybridized carbons (Fsp3) is 0.500. The third kappa shape index (κ3) is 2.99. The number of aryl methyl sites for hydroxylation is 2. The Morgan fingerprint density at radius 1 is 1.29 bits per heavy atom. The molecule has 0 radical (unpaired) electrons. The molecule has 1 fully saturated rings. The second-order valence-corrected chi connectivity index (χ2v) is 4.53. The van der Waals surface area contributed by atoms with E-state index in [2.05, 4.69) is 42.4 Å². The number of aliphatic imine (C=N–C) groups is 1. The van der Waals surface area contributed by atoms with Gasteiger partial charge in [-0.05, 0) is 36.8 Å². The van der Waals surface area contributed by atoms with E-state index in [1.807, 2.05) is 0 Å². The van der Waals surface area contributed by atoms with Crippen LogP contribution in [0, 0.1) is 0 Å². The Hall–Kier alpha value is -1.51. The molecule has 17 heavy (non-hydrogen) atoms. The Balaban J connectivity index is 2.22. The van der Waals surface area contributed by atoms with Crippen LogP contribution < -0.4 is 11.1 Å². The van der Waals surface area contributed by atoms with Crippen LogP contribution in [0.4, 0.5) is 5.69 Å². The summed E-state index contributed by atoms with van der Waals surface area (Å²) in [5, 5.41) is 3.28. The molecule has 3 heteroatoms. The van der Waals surface area contributed by atoms with Gasteiger partial charge in [0.1, 0.15) is 0 Å². The van der Waals surface area contributed by atoms with Crippen molar-refractivity contribution in [1.82, 2.24) is 0 Å². The van der Waals surface area contributed by atoms with E-state index in [0.29, 0.717) is 12.0 Å². The van der Waals surface area contributed by atoms with Gasteiger partial charge in [0.2, 0.25) is 0 Å². The molecule has 0 bridgehead atoms. The van der Waals surface area contributed by atoms with Gasteiger partial charge in [0.25, 0.3) is 0 Å². The lowest BCUT2D eigenvalue weighted by molar-refractivity contribution is 1.05. The zero-order chi connectivity index (χ0) is 12.3. The molecule has 0 aliphatic heterocycles. The Kier molecular flexibility index (Phi) is 3.67. The van der Waals surface area contributed by atoms with Crippen LogP contribution in [-0.4, -0.2) is 12.0 Å². The Labute approximate surface area is 103 Å². The first-order chi connectivity index (χ1) is 8.24. The molecule has 1 aromatic carbocycles. The molecule has 3 nitrogen and oxygen atoms in total. The summed E-state index contributed by atoms with van der Waals surface area (Å²) in [6.45, 7) is 4.32. The summed E-state index contributed by atoms with van der Waals surface area (Å²) in [5.41, 5.74) is 9.69. The van der Waals surface area contributed by atoms with Crippen molar-refractivity contribution in [2.75, 3.05) is 5.32 Å². The third-order valence-electron chi connectivity index (χ3n) is 3.12. The van der Waals surface area contributed by atoms with Crippen LogP contribution in [0.3, 0.4) is 0 Å². The minimum Gasteiger partial charge on any atom is -0.370 e. The van der Waals surface area contributed by atoms with Gasteiger partial charge >= 0.3 is 0 Å². The molecule has 2 rings (SSSR count). The Bertz CT molecular complexity index is 397. The first kappa shape index (κ1) is 12.0. The number of para-hydroxylation sites is 1. The van der Waals surface area contributed by atoms with Gasteiger partial charge < -0.3 is 11.1 Å². The van der Waals surface area contributed by atoms with Gasteiger partial charge in [0.05, 0.1) is 6.04 Å². The molecule has 3 N–H and O–H groups in total. The number of nitrogens with zero attached hydrogens (tertiary/aromatic N) is 1. The van der Waals surface area contributed by atoms with Crippen molar-refractivity contribution in [2.24, 2.45) is 10.7 Å². The van der Waals surface area contributed by atoms with Crippen molar-refractivity contribution in [1.29, 1.82) is 0 Å². The summed E-state index contributed by atoms with van der Waals surface area (Å²) in [4.78, 5) is 4.42. The molecule has 0 atom stereocenters. The van der Waals surface area contributed by atoms with Crippen molar-refractivity contribution in [3.8, 4) is 0 Å². The summed E-state index contributed by atoms with van der Waals surface area (Å²) in [6, 6.07) is 6.86. The van der Waals surface area contributed by atoms with Crippen molar-refractivity contribution in [3.63, 3.8) is 0 Å². The quantitative estimate of drug-likeness (QED) is 0.618. The smallest absolute Gasteiger partial charge is 0.193 e. The van der Waals surface area contributed by atoms with Gasteiger partial charge in [-0.3, -0.25) is 0 Å². The maximum absolute atomic E-state index is 5.93. The van der Waals surface area contributed by atoms with E-state index in [0.717, 1.165) is 18.5 Å². The number of guanidine groups is 1. The fourth-order valence-corrected chi connectivity index (χ4v) is 1.96. The number of nitrogens with one attached hydrogen (secondary N) is 1. The first-order valence-electron chi connectivity index (χ1n) is 6.45.